The van der Waals surface area contributed by atoms with E-state index in [0.29, 0.717) is 37.0 Å². The molecule has 164 valence electrons. The molecule has 3 aromatic rings. The van der Waals surface area contributed by atoms with Gasteiger partial charge in [0.15, 0.2) is 5.82 Å². The van der Waals surface area contributed by atoms with Gasteiger partial charge in [0.1, 0.15) is 5.82 Å². The second-order valence-corrected chi connectivity index (χ2v) is 7.65. The van der Waals surface area contributed by atoms with Crippen molar-refractivity contribution in [2.24, 2.45) is 5.92 Å². The van der Waals surface area contributed by atoms with Crippen LogP contribution in [0.5, 0.6) is 0 Å². The number of benzene rings is 2. The molecule has 1 unspecified atom stereocenters. The number of amides is 1. The van der Waals surface area contributed by atoms with Crippen LogP contribution in [0.1, 0.15) is 39.6 Å². The van der Waals surface area contributed by atoms with E-state index in [1.807, 2.05) is 30.3 Å². The predicted octanol–water partition coefficient (Wildman–Crippen LogP) is 3.35. The van der Waals surface area contributed by atoms with E-state index in [1.165, 1.54) is 6.07 Å². The Morgan fingerprint density at radius 2 is 2.03 bits per heavy atom. The van der Waals surface area contributed by atoms with E-state index in [-0.39, 0.29) is 18.0 Å². The zero-order valence-electron chi connectivity index (χ0n) is 17.1. The maximum Gasteiger partial charge on any atom is 0.254 e. The largest absolute Gasteiger partial charge is 0.351 e. The first-order chi connectivity index (χ1) is 14.7. The number of carbonyl (C=O) groups excluding carboxylic acids is 1. The first-order valence-electron chi connectivity index (χ1n) is 10.3. The second-order valence-electron chi connectivity index (χ2n) is 7.65. The van der Waals surface area contributed by atoms with Crippen LogP contribution < -0.4 is 10.6 Å². The van der Waals surface area contributed by atoms with Gasteiger partial charge in [0.2, 0.25) is 5.89 Å². The van der Waals surface area contributed by atoms with Crippen LogP contribution in [-0.4, -0.2) is 35.7 Å². The van der Waals surface area contributed by atoms with Crippen molar-refractivity contribution in [3.63, 3.8) is 0 Å². The summed E-state index contributed by atoms with van der Waals surface area (Å²) < 4.78 is 19.4. The molecule has 1 aliphatic heterocycles. The van der Waals surface area contributed by atoms with E-state index in [9.17, 15) is 9.18 Å². The fourth-order valence-corrected chi connectivity index (χ4v) is 3.72. The SMILES string of the molecule is Cl.O=C(NCCc1nc(Cc2ccccc2)no1)c1cc(CC2CCNC2)ccc1F. The minimum absolute atomic E-state index is 0. The molecule has 0 spiro atoms. The Balaban J connectivity index is 0.00000272. The van der Waals surface area contributed by atoms with Gasteiger partial charge in [-0.05, 0) is 55.1 Å². The molecule has 1 fully saturated rings. The molecule has 2 heterocycles. The molecule has 0 aliphatic carbocycles. The van der Waals surface area contributed by atoms with E-state index in [1.54, 1.807) is 12.1 Å². The number of nitrogens with zero attached hydrogens (tertiary/aromatic N) is 2. The first kappa shape index (κ1) is 22.9. The smallest absolute Gasteiger partial charge is 0.254 e. The van der Waals surface area contributed by atoms with Crippen LogP contribution in [0.15, 0.2) is 53.1 Å². The van der Waals surface area contributed by atoms with E-state index in [2.05, 4.69) is 20.8 Å². The topological polar surface area (TPSA) is 80.1 Å². The fourth-order valence-electron chi connectivity index (χ4n) is 3.72. The van der Waals surface area contributed by atoms with Gasteiger partial charge in [0.25, 0.3) is 5.91 Å². The average molecular weight is 445 g/mol. The standard InChI is InChI=1S/C23H25FN4O2.ClH/c24-20-7-6-17(12-18-8-10-25-15-18)13-19(20)23(29)26-11-9-22-27-21(28-30-22)14-16-4-2-1-3-5-16;/h1-7,13,18,25H,8-12,14-15H2,(H,26,29);1H. The summed E-state index contributed by atoms with van der Waals surface area (Å²) in [7, 11) is 0. The number of hydrogen-bond donors (Lipinski definition) is 2. The van der Waals surface area contributed by atoms with Gasteiger partial charge in [0, 0.05) is 19.4 Å². The summed E-state index contributed by atoms with van der Waals surface area (Å²) >= 11 is 0. The van der Waals surface area contributed by atoms with Gasteiger partial charge in [-0.2, -0.15) is 4.98 Å². The number of rotatable bonds is 8. The molecule has 0 saturated carbocycles. The zero-order valence-corrected chi connectivity index (χ0v) is 18.0. The molecule has 1 amide bonds. The summed E-state index contributed by atoms with van der Waals surface area (Å²) in [6, 6.07) is 14.7. The van der Waals surface area contributed by atoms with Crippen LogP contribution in [0, 0.1) is 11.7 Å². The Bertz CT molecular complexity index is 990. The molecule has 2 aromatic carbocycles. The molecule has 1 aliphatic rings. The lowest BCUT2D eigenvalue weighted by Gasteiger charge is -2.11. The summed E-state index contributed by atoms with van der Waals surface area (Å²) in [4.78, 5) is 16.8. The van der Waals surface area contributed by atoms with Crippen molar-refractivity contribution in [2.45, 2.75) is 25.7 Å². The molecular weight excluding hydrogens is 419 g/mol. The van der Waals surface area contributed by atoms with Gasteiger partial charge in [-0.25, -0.2) is 4.39 Å². The van der Waals surface area contributed by atoms with Crippen molar-refractivity contribution in [2.75, 3.05) is 19.6 Å². The Labute approximate surface area is 187 Å². The van der Waals surface area contributed by atoms with Gasteiger partial charge in [-0.1, -0.05) is 41.6 Å². The highest BCUT2D eigenvalue weighted by Gasteiger charge is 2.18. The first-order valence-corrected chi connectivity index (χ1v) is 10.3. The predicted molar refractivity (Wildman–Crippen MR) is 118 cm³/mol. The Morgan fingerprint density at radius 1 is 1.19 bits per heavy atom. The van der Waals surface area contributed by atoms with Gasteiger partial charge in [-0.3, -0.25) is 4.79 Å². The highest BCUT2D eigenvalue weighted by atomic mass is 35.5. The Kier molecular flexibility index (Phi) is 8.14. The molecule has 6 nitrogen and oxygen atoms in total. The van der Waals surface area contributed by atoms with Crippen molar-refractivity contribution in [3.8, 4) is 0 Å². The summed E-state index contributed by atoms with van der Waals surface area (Å²) in [6.07, 6.45) is 2.93. The number of hydrogen-bond acceptors (Lipinski definition) is 5. The third-order valence-corrected chi connectivity index (χ3v) is 5.30. The minimum atomic E-state index is -0.510. The van der Waals surface area contributed by atoms with Crippen LogP contribution in [0.25, 0.3) is 0 Å². The van der Waals surface area contributed by atoms with Crippen LogP contribution in [0.2, 0.25) is 0 Å². The van der Waals surface area contributed by atoms with Crippen LogP contribution >= 0.6 is 12.4 Å². The fraction of sp³-hybridized carbons (Fsp3) is 0.348. The molecule has 0 radical (unpaired) electrons. The lowest BCUT2D eigenvalue weighted by atomic mass is 9.97. The Morgan fingerprint density at radius 3 is 2.81 bits per heavy atom. The normalized spacial score (nSPS) is 15.5. The van der Waals surface area contributed by atoms with Crippen molar-refractivity contribution in [1.82, 2.24) is 20.8 Å². The van der Waals surface area contributed by atoms with Gasteiger partial charge in [0.05, 0.1) is 5.56 Å². The quantitative estimate of drug-likeness (QED) is 0.557. The number of carbonyl (C=O) groups is 1. The van der Waals surface area contributed by atoms with Crippen molar-refractivity contribution >= 4 is 18.3 Å². The maximum absolute atomic E-state index is 14.2. The Hall–Kier alpha value is -2.77. The summed E-state index contributed by atoms with van der Waals surface area (Å²) in [5.41, 5.74) is 2.16. The second kappa shape index (κ2) is 11.0. The molecule has 1 atom stereocenters. The molecule has 1 aromatic heterocycles. The molecule has 1 saturated heterocycles. The molecule has 4 rings (SSSR count). The minimum Gasteiger partial charge on any atom is -0.351 e. The number of nitrogens with one attached hydrogen (secondary N) is 2. The summed E-state index contributed by atoms with van der Waals surface area (Å²) in [5, 5.41) is 10.1. The number of halogens is 2. The molecule has 31 heavy (non-hydrogen) atoms. The lowest BCUT2D eigenvalue weighted by molar-refractivity contribution is 0.0949. The van der Waals surface area contributed by atoms with E-state index < -0.39 is 11.7 Å². The summed E-state index contributed by atoms with van der Waals surface area (Å²) in [6.45, 7) is 2.28. The average Bonchev–Trinajstić information content (AvgIpc) is 3.42. The van der Waals surface area contributed by atoms with Gasteiger partial charge < -0.3 is 15.2 Å². The summed E-state index contributed by atoms with van der Waals surface area (Å²) in [5.74, 6) is 0.646. The molecule has 0 bridgehead atoms. The van der Waals surface area contributed by atoms with E-state index in [4.69, 9.17) is 4.52 Å². The van der Waals surface area contributed by atoms with Crippen molar-refractivity contribution in [3.05, 3.63) is 82.8 Å². The molecular formula is C23H26ClFN4O2. The molecule has 2 N–H and O–H groups in total. The zero-order chi connectivity index (χ0) is 20.8. The van der Waals surface area contributed by atoms with Crippen LogP contribution in [-0.2, 0) is 19.3 Å². The van der Waals surface area contributed by atoms with Crippen LogP contribution in [0.4, 0.5) is 4.39 Å². The van der Waals surface area contributed by atoms with E-state index >= 15 is 0 Å². The van der Waals surface area contributed by atoms with Crippen molar-refractivity contribution < 1.29 is 13.7 Å². The highest BCUT2D eigenvalue weighted by molar-refractivity contribution is 5.94. The van der Waals surface area contributed by atoms with Crippen molar-refractivity contribution in [1.29, 1.82) is 0 Å². The van der Waals surface area contributed by atoms with E-state index in [0.717, 1.165) is 37.1 Å². The van der Waals surface area contributed by atoms with Gasteiger partial charge in [-0.15, -0.1) is 12.4 Å². The highest BCUT2D eigenvalue weighted by Crippen LogP contribution is 2.18. The van der Waals surface area contributed by atoms with Crippen LogP contribution in [0.3, 0.4) is 0 Å². The number of aromatic nitrogens is 2. The monoisotopic (exact) mass is 444 g/mol. The third kappa shape index (κ3) is 6.35. The lowest BCUT2D eigenvalue weighted by Crippen LogP contribution is -2.27. The third-order valence-electron chi connectivity index (χ3n) is 5.30. The van der Waals surface area contributed by atoms with Gasteiger partial charge >= 0.3 is 0 Å². The molecule has 8 heteroatoms. The maximum atomic E-state index is 14.2.